The van der Waals surface area contributed by atoms with Crippen LogP contribution in [0.3, 0.4) is 0 Å². The van der Waals surface area contributed by atoms with E-state index in [9.17, 15) is 9.59 Å². The molecule has 1 aromatic heterocycles. The first kappa shape index (κ1) is 13.2. The lowest BCUT2D eigenvalue weighted by atomic mass is 10.1. The average Bonchev–Trinajstić information content (AvgIpc) is 2.93. The molecule has 0 radical (unpaired) electrons. The summed E-state index contributed by atoms with van der Waals surface area (Å²) in [5, 5.41) is 13.3. The molecule has 1 aromatic carbocycles. The van der Waals surface area contributed by atoms with Gasteiger partial charge in [-0.05, 0) is 24.1 Å². The van der Waals surface area contributed by atoms with Gasteiger partial charge in [0.2, 0.25) is 0 Å². The highest BCUT2D eigenvalue weighted by Crippen LogP contribution is 2.06. The molecule has 0 saturated carbocycles. The van der Waals surface area contributed by atoms with Crippen molar-refractivity contribution in [3.8, 4) is 0 Å². The summed E-state index contributed by atoms with van der Waals surface area (Å²) in [4.78, 5) is 26.3. The minimum atomic E-state index is -0.951. The van der Waals surface area contributed by atoms with Crippen molar-refractivity contribution in [3.63, 3.8) is 0 Å². The Hall–Kier alpha value is -2.21. The normalized spacial score (nSPS) is 10.1. The van der Waals surface area contributed by atoms with Gasteiger partial charge in [-0.1, -0.05) is 12.1 Å². The number of hydrogen-bond acceptors (Lipinski definition) is 4. The van der Waals surface area contributed by atoms with Crippen molar-refractivity contribution in [2.75, 3.05) is 6.54 Å². The molecule has 0 saturated heterocycles. The Kier molecular flexibility index (Phi) is 4.25. The summed E-state index contributed by atoms with van der Waals surface area (Å²) in [6, 6.07) is 6.68. The number of carbonyl (C=O) groups excluding carboxylic acids is 1. The molecular weight excluding hydrogens is 264 g/mol. The van der Waals surface area contributed by atoms with Gasteiger partial charge in [0.05, 0.1) is 11.1 Å². The second-order valence-electron chi connectivity index (χ2n) is 3.89. The highest BCUT2D eigenvalue weighted by Gasteiger charge is 2.07. The van der Waals surface area contributed by atoms with Gasteiger partial charge in [-0.3, -0.25) is 4.79 Å². The molecule has 2 N–H and O–H groups in total. The molecule has 0 unspecified atom stereocenters. The molecule has 0 aliphatic carbocycles. The van der Waals surface area contributed by atoms with E-state index in [0.717, 1.165) is 5.56 Å². The van der Waals surface area contributed by atoms with Crippen LogP contribution < -0.4 is 5.32 Å². The summed E-state index contributed by atoms with van der Waals surface area (Å²) in [5.74, 6) is -1.16. The van der Waals surface area contributed by atoms with E-state index in [1.165, 1.54) is 11.3 Å². The van der Waals surface area contributed by atoms with Crippen LogP contribution in [-0.4, -0.2) is 28.5 Å². The zero-order valence-electron chi connectivity index (χ0n) is 10.00. The van der Waals surface area contributed by atoms with E-state index in [4.69, 9.17) is 5.11 Å². The molecule has 0 atom stereocenters. The van der Waals surface area contributed by atoms with E-state index in [1.807, 2.05) is 6.07 Å². The number of benzene rings is 1. The number of carbonyl (C=O) groups is 2. The number of thiazole rings is 1. The topological polar surface area (TPSA) is 79.3 Å². The quantitative estimate of drug-likeness (QED) is 0.873. The molecule has 0 fully saturated rings. The van der Waals surface area contributed by atoms with E-state index >= 15 is 0 Å². The molecule has 1 heterocycles. The first-order chi connectivity index (χ1) is 9.16. The van der Waals surface area contributed by atoms with Gasteiger partial charge in [-0.15, -0.1) is 11.3 Å². The van der Waals surface area contributed by atoms with Crippen molar-refractivity contribution in [3.05, 3.63) is 52.0 Å². The van der Waals surface area contributed by atoms with Crippen LogP contribution in [0.1, 0.15) is 26.4 Å². The summed E-state index contributed by atoms with van der Waals surface area (Å²) in [6.45, 7) is 0.444. The number of aromatic nitrogens is 1. The lowest BCUT2D eigenvalue weighted by Gasteiger charge is -2.04. The summed E-state index contributed by atoms with van der Waals surface area (Å²) in [7, 11) is 0. The van der Waals surface area contributed by atoms with Gasteiger partial charge in [0.15, 0.2) is 0 Å². The third-order valence-electron chi connectivity index (χ3n) is 2.54. The summed E-state index contributed by atoms with van der Waals surface area (Å²) < 4.78 is 0. The molecule has 2 aromatic rings. The van der Waals surface area contributed by atoms with Crippen molar-refractivity contribution >= 4 is 23.2 Å². The monoisotopic (exact) mass is 276 g/mol. The second kappa shape index (κ2) is 6.10. The zero-order chi connectivity index (χ0) is 13.7. The van der Waals surface area contributed by atoms with Crippen LogP contribution >= 0.6 is 11.3 Å². The molecule has 5 nitrogen and oxygen atoms in total. The van der Waals surface area contributed by atoms with Gasteiger partial charge < -0.3 is 10.4 Å². The summed E-state index contributed by atoms with van der Waals surface area (Å²) in [6.07, 6.45) is 0.580. The van der Waals surface area contributed by atoms with Crippen molar-refractivity contribution < 1.29 is 14.7 Å². The molecule has 6 heteroatoms. The fourth-order valence-electron chi connectivity index (χ4n) is 1.60. The molecule has 0 spiro atoms. The predicted octanol–water partition coefficient (Wildman–Crippen LogP) is 1.81. The van der Waals surface area contributed by atoms with Crippen LogP contribution in [0.25, 0.3) is 0 Å². The first-order valence-corrected chi connectivity index (χ1v) is 6.60. The Labute approximate surface area is 113 Å². The van der Waals surface area contributed by atoms with E-state index < -0.39 is 5.97 Å². The number of carboxylic acid groups (broad SMARTS) is 1. The van der Waals surface area contributed by atoms with Gasteiger partial charge in [0.25, 0.3) is 5.91 Å². The number of hydrogen-bond donors (Lipinski definition) is 2. The van der Waals surface area contributed by atoms with Crippen LogP contribution in [0.4, 0.5) is 0 Å². The fourth-order valence-corrected chi connectivity index (χ4v) is 2.13. The molecule has 0 aliphatic heterocycles. The van der Waals surface area contributed by atoms with Crippen LogP contribution in [0.2, 0.25) is 0 Å². The maximum absolute atomic E-state index is 11.6. The Morgan fingerprint density at radius 1 is 1.37 bits per heavy atom. The number of nitrogens with one attached hydrogen (secondary N) is 1. The lowest BCUT2D eigenvalue weighted by Crippen LogP contribution is -2.25. The predicted molar refractivity (Wildman–Crippen MR) is 71.6 cm³/mol. The highest BCUT2D eigenvalue weighted by molar-refractivity contribution is 7.07. The highest BCUT2D eigenvalue weighted by atomic mass is 32.1. The van der Waals surface area contributed by atoms with E-state index in [2.05, 4.69) is 10.3 Å². The van der Waals surface area contributed by atoms with Crippen LogP contribution in [0, 0.1) is 0 Å². The van der Waals surface area contributed by atoms with Gasteiger partial charge in [0, 0.05) is 11.9 Å². The third kappa shape index (κ3) is 3.62. The van der Waals surface area contributed by atoms with Crippen molar-refractivity contribution in [1.82, 2.24) is 10.3 Å². The molecule has 1 amide bonds. The van der Waals surface area contributed by atoms with Crippen molar-refractivity contribution in [2.45, 2.75) is 6.42 Å². The molecule has 98 valence electrons. The molecule has 19 heavy (non-hydrogen) atoms. The SMILES string of the molecule is O=C(O)c1cccc(CCNC(=O)c2cscn2)c1. The largest absolute Gasteiger partial charge is 0.478 e. The molecule has 0 bridgehead atoms. The maximum atomic E-state index is 11.6. The number of aromatic carboxylic acids is 1. The standard InChI is InChI=1S/C13H12N2O3S/c16-12(11-7-19-8-15-11)14-5-4-9-2-1-3-10(6-9)13(17)18/h1-3,6-8H,4-5H2,(H,14,16)(H,17,18). The fraction of sp³-hybridized carbons (Fsp3) is 0.154. The van der Waals surface area contributed by atoms with Crippen LogP contribution in [-0.2, 0) is 6.42 Å². The summed E-state index contributed by atoms with van der Waals surface area (Å²) in [5.41, 5.74) is 3.14. The Morgan fingerprint density at radius 3 is 2.89 bits per heavy atom. The Balaban J connectivity index is 1.87. The average molecular weight is 276 g/mol. The minimum Gasteiger partial charge on any atom is -0.478 e. The van der Waals surface area contributed by atoms with Crippen molar-refractivity contribution in [1.29, 1.82) is 0 Å². The second-order valence-corrected chi connectivity index (χ2v) is 4.60. The number of amides is 1. The number of nitrogens with zero attached hydrogens (tertiary/aromatic N) is 1. The Morgan fingerprint density at radius 2 is 2.21 bits per heavy atom. The minimum absolute atomic E-state index is 0.212. The lowest BCUT2D eigenvalue weighted by molar-refractivity contribution is 0.0696. The van der Waals surface area contributed by atoms with Crippen molar-refractivity contribution in [2.24, 2.45) is 0 Å². The number of rotatable bonds is 5. The maximum Gasteiger partial charge on any atom is 0.335 e. The van der Waals surface area contributed by atoms with E-state index in [1.54, 1.807) is 29.1 Å². The van der Waals surface area contributed by atoms with E-state index in [0.29, 0.717) is 18.7 Å². The first-order valence-electron chi connectivity index (χ1n) is 5.65. The third-order valence-corrected chi connectivity index (χ3v) is 3.12. The van der Waals surface area contributed by atoms with Gasteiger partial charge >= 0.3 is 5.97 Å². The molecule has 2 rings (SSSR count). The van der Waals surface area contributed by atoms with Gasteiger partial charge in [0.1, 0.15) is 5.69 Å². The Bertz CT molecular complexity index is 581. The number of carboxylic acids is 1. The van der Waals surface area contributed by atoms with Gasteiger partial charge in [-0.2, -0.15) is 0 Å². The zero-order valence-corrected chi connectivity index (χ0v) is 10.8. The molecule has 0 aliphatic rings. The van der Waals surface area contributed by atoms with Crippen LogP contribution in [0.5, 0.6) is 0 Å². The van der Waals surface area contributed by atoms with Gasteiger partial charge in [-0.25, -0.2) is 9.78 Å². The van der Waals surface area contributed by atoms with E-state index in [-0.39, 0.29) is 11.5 Å². The molecular formula is C13H12N2O3S. The smallest absolute Gasteiger partial charge is 0.335 e. The summed E-state index contributed by atoms with van der Waals surface area (Å²) >= 11 is 1.37. The van der Waals surface area contributed by atoms with Crippen LogP contribution in [0.15, 0.2) is 35.2 Å².